The number of amides is 1. The minimum atomic E-state index is 0.0737. The van der Waals surface area contributed by atoms with Crippen LogP contribution in [0.25, 0.3) is 11.4 Å². The summed E-state index contributed by atoms with van der Waals surface area (Å²) in [5.74, 6) is 2.43. The van der Waals surface area contributed by atoms with Crippen LogP contribution >= 0.6 is 23.4 Å². The molecule has 0 aliphatic heterocycles. The van der Waals surface area contributed by atoms with Crippen molar-refractivity contribution in [3.05, 3.63) is 29.3 Å². The van der Waals surface area contributed by atoms with E-state index < -0.39 is 0 Å². The first-order chi connectivity index (χ1) is 13.0. The number of nitrogens with one attached hydrogen (secondary N) is 1. The highest BCUT2D eigenvalue weighted by atomic mass is 35.5. The van der Waals surface area contributed by atoms with E-state index in [4.69, 9.17) is 11.6 Å². The molecule has 146 valence electrons. The lowest BCUT2D eigenvalue weighted by Gasteiger charge is -2.34. The molecule has 1 aromatic heterocycles. The van der Waals surface area contributed by atoms with Gasteiger partial charge in [0.25, 0.3) is 0 Å². The standard InChI is InChI=1S/C20H27ClN4OS/c1-4-25-19(15-8-10-16(21)11-9-15)23-24-20(25)27-12-18(26)22-17-7-5-6-13(2)14(17)3/h8-11,13-14,17H,4-7,12H2,1-3H3,(H,22,26)/t13-,14+,17-/m1/s1. The van der Waals surface area contributed by atoms with Crippen LogP contribution in [0.4, 0.5) is 0 Å². The fourth-order valence-electron chi connectivity index (χ4n) is 3.66. The van der Waals surface area contributed by atoms with Gasteiger partial charge < -0.3 is 9.88 Å². The summed E-state index contributed by atoms with van der Waals surface area (Å²) < 4.78 is 2.03. The zero-order valence-electron chi connectivity index (χ0n) is 16.1. The number of thioether (sulfide) groups is 1. The number of hydrogen-bond donors (Lipinski definition) is 1. The van der Waals surface area contributed by atoms with Gasteiger partial charge in [0.15, 0.2) is 11.0 Å². The lowest BCUT2D eigenvalue weighted by Crippen LogP contribution is -2.44. The monoisotopic (exact) mass is 406 g/mol. The number of nitrogens with zero attached hydrogens (tertiary/aromatic N) is 3. The van der Waals surface area contributed by atoms with Crippen LogP contribution in [0.5, 0.6) is 0 Å². The van der Waals surface area contributed by atoms with Crippen molar-refractivity contribution < 1.29 is 4.79 Å². The van der Waals surface area contributed by atoms with Crippen LogP contribution in [0.15, 0.2) is 29.4 Å². The van der Waals surface area contributed by atoms with E-state index in [-0.39, 0.29) is 11.9 Å². The molecule has 1 N–H and O–H groups in total. The number of halogens is 1. The molecule has 0 spiro atoms. The molecule has 1 heterocycles. The number of carbonyl (C=O) groups is 1. The smallest absolute Gasteiger partial charge is 0.230 e. The van der Waals surface area contributed by atoms with Crippen molar-refractivity contribution in [3.8, 4) is 11.4 Å². The van der Waals surface area contributed by atoms with Gasteiger partial charge in [-0.2, -0.15) is 0 Å². The molecule has 1 aliphatic carbocycles. The Morgan fingerprint density at radius 3 is 2.70 bits per heavy atom. The molecule has 3 atom stereocenters. The molecule has 27 heavy (non-hydrogen) atoms. The molecular formula is C20H27ClN4OS. The second-order valence-electron chi connectivity index (χ2n) is 7.29. The number of carbonyl (C=O) groups excluding carboxylic acids is 1. The summed E-state index contributed by atoms with van der Waals surface area (Å²) >= 11 is 7.41. The van der Waals surface area contributed by atoms with Gasteiger partial charge >= 0.3 is 0 Å². The topological polar surface area (TPSA) is 59.8 Å². The van der Waals surface area contributed by atoms with E-state index >= 15 is 0 Å². The number of rotatable bonds is 6. The SMILES string of the molecule is CCn1c(SCC(=O)N[C@@H]2CCC[C@@H](C)[C@@H]2C)nnc1-c1ccc(Cl)cc1. The van der Waals surface area contributed by atoms with Crippen LogP contribution in [-0.4, -0.2) is 32.5 Å². The van der Waals surface area contributed by atoms with Crippen LogP contribution in [0.2, 0.25) is 5.02 Å². The van der Waals surface area contributed by atoms with Crippen molar-refractivity contribution in [1.82, 2.24) is 20.1 Å². The molecule has 1 fully saturated rings. The van der Waals surface area contributed by atoms with Crippen molar-refractivity contribution in [2.24, 2.45) is 11.8 Å². The molecule has 7 heteroatoms. The predicted molar refractivity (Wildman–Crippen MR) is 111 cm³/mol. The highest BCUT2D eigenvalue weighted by Crippen LogP contribution is 2.30. The van der Waals surface area contributed by atoms with Crippen molar-refractivity contribution in [2.45, 2.75) is 57.8 Å². The molecule has 3 rings (SSSR count). The Hall–Kier alpha value is -1.53. The van der Waals surface area contributed by atoms with Crippen molar-refractivity contribution in [3.63, 3.8) is 0 Å². The maximum atomic E-state index is 12.4. The summed E-state index contributed by atoms with van der Waals surface area (Å²) in [6.07, 6.45) is 3.53. The maximum absolute atomic E-state index is 12.4. The summed E-state index contributed by atoms with van der Waals surface area (Å²) in [5.41, 5.74) is 0.968. The van der Waals surface area contributed by atoms with E-state index in [0.29, 0.717) is 22.6 Å². The molecule has 0 bridgehead atoms. The van der Waals surface area contributed by atoms with Gasteiger partial charge in [-0.3, -0.25) is 4.79 Å². The molecule has 1 aliphatic rings. The summed E-state index contributed by atoms with van der Waals surface area (Å²) in [7, 11) is 0. The van der Waals surface area contributed by atoms with E-state index in [1.807, 2.05) is 28.8 Å². The van der Waals surface area contributed by atoms with E-state index in [2.05, 4.69) is 36.3 Å². The first-order valence-electron chi connectivity index (χ1n) is 9.61. The molecule has 0 saturated heterocycles. The Morgan fingerprint density at radius 1 is 1.26 bits per heavy atom. The molecule has 2 aromatic rings. The Bertz CT molecular complexity index is 777. The van der Waals surface area contributed by atoms with Crippen LogP contribution in [0, 0.1) is 11.8 Å². The van der Waals surface area contributed by atoms with Gasteiger partial charge in [-0.1, -0.05) is 50.1 Å². The van der Waals surface area contributed by atoms with E-state index in [1.165, 1.54) is 24.6 Å². The average molecular weight is 407 g/mol. The van der Waals surface area contributed by atoms with Crippen LogP contribution in [0.1, 0.15) is 40.0 Å². The second-order valence-corrected chi connectivity index (χ2v) is 8.67. The maximum Gasteiger partial charge on any atom is 0.230 e. The first-order valence-corrected chi connectivity index (χ1v) is 11.0. The molecular weight excluding hydrogens is 380 g/mol. The Balaban J connectivity index is 1.62. The summed E-state index contributed by atoms with van der Waals surface area (Å²) in [6.45, 7) is 7.32. The normalized spacial score (nSPS) is 22.6. The zero-order chi connectivity index (χ0) is 19.4. The molecule has 0 radical (unpaired) electrons. The minimum Gasteiger partial charge on any atom is -0.352 e. The second kappa shape index (κ2) is 9.11. The third-order valence-electron chi connectivity index (χ3n) is 5.52. The minimum absolute atomic E-state index is 0.0737. The highest BCUT2D eigenvalue weighted by molar-refractivity contribution is 7.99. The summed E-state index contributed by atoms with van der Waals surface area (Å²) in [5, 5.41) is 13.3. The molecule has 0 unspecified atom stereocenters. The first kappa shape index (κ1) is 20.2. The lowest BCUT2D eigenvalue weighted by atomic mass is 9.78. The van der Waals surface area contributed by atoms with E-state index in [1.54, 1.807) is 0 Å². The fourth-order valence-corrected chi connectivity index (χ4v) is 4.60. The summed E-state index contributed by atoms with van der Waals surface area (Å²) in [4.78, 5) is 12.4. The van der Waals surface area contributed by atoms with Crippen molar-refractivity contribution in [2.75, 3.05) is 5.75 Å². The average Bonchev–Trinajstić information content (AvgIpc) is 3.07. The fraction of sp³-hybridized carbons (Fsp3) is 0.550. The molecule has 5 nitrogen and oxygen atoms in total. The van der Waals surface area contributed by atoms with Gasteiger partial charge in [-0.25, -0.2) is 0 Å². The Labute approximate surface area is 170 Å². The van der Waals surface area contributed by atoms with Gasteiger partial charge in [0.1, 0.15) is 0 Å². The number of hydrogen-bond acceptors (Lipinski definition) is 4. The molecule has 1 amide bonds. The predicted octanol–water partition coefficient (Wildman–Crippen LogP) is 4.65. The highest BCUT2D eigenvalue weighted by Gasteiger charge is 2.28. The number of aromatic nitrogens is 3. The van der Waals surface area contributed by atoms with Gasteiger partial charge in [0, 0.05) is 23.2 Å². The van der Waals surface area contributed by atoms with Crippen LogP contribution < -0.4 is 5.32 Å². The molecule has 1 saturated carbocycles. The number of benzene rings is 1. The van der Waals surface area contributed by atoms with E-state index in [9.17, 15) is 4.79 Å². The third-order valence-corrected chi connectivity index (χ3v) is 6.74. The largest absolute Gasteiger partial charge is 0.352 e. The Kier molecular flexibility index (Phi) is 6.82. The van der Waals surface area contributed by atoms with Gasteiger partial charge in [-0.05, 0) is 49.4 Å². The quantitative estimate of drug-likeness (QED) is 0.709. The zero-order valence-corrected chi connectivity index (χ0v) is 17.7. The van der Waals surface area contributed by atoms with Crippen LogP contribution in [0.3, 0.4) is 0 Å². The van der Waals surface area contributed by atoms with Crippen molar-refractivity contribution in [1.29, 1.82) is 0 Å². The van der Waals surface area contributed by atoms with Gasteiger partial charge in [-0.15, -0.1) is 10.2 Å². The van der Waals surface area contributed by atoms with E-state index in [0.717, 1.165) is 29.5 Å². The summed E-state index contributed by atoms with van der Waals surface area (Å²) in [6, 6.07) is 7.85. The lowest BCUT2D eigenvalue weighted by molar-refractivity contribution is -0.120. The third kappa shape index (κ3) is 4.85. The van der Waals surface area contributed by atoms with Gasteiger partial charge in [0.2, 0.25) is 5.91 Å². The Morgan fingerprint density at radius 2 is 2.00 bits per heavy atom. The van der Waals surface area contributed by atoms with Crippen LogP contribution in [-0.2, 0) is 11.3 Å². The molecule has 1 aromatic carbocycles. The van der Waals surface area contributed by atoms with Crippen molar-refractivity contribution >= 4 is 29.3 Å². The van der Waals surface area contributed by atoms with Gasteiger partial charge in [0.05, 0.1) is 5.75 Å².